The van der Waals surface area contributed by atoms with Gasteiger partial charge in [0.15, 0.2) is 17.3 Å². The zero-order chi connectivity index (χ0) is 19.9. The predicted octanol–water partition coefficient (Wildman–Crippen LogP) is 4.87. The van der Waals surface area contributed by atoms with E-state index in [-0.39, 0.29) is 5.78 Å². The van der Waals surface area contributed by atoms with Crippen molar-refractivity contribution in [1.29, 1.82) is 0 Å². The number of benzene rings is 2. The fraction of sp³-hybridized carbons (Fsp3) is 0.409. The topological polar surface area (TPSA) is 56.8 Å². The molecule has 0 spiro atoms. The van der Waals surface area contributed by atoms with Gasteiger partial charge in [-0.3, -0.25) is 4.79 Å². The highest BCUT2D eigenvalue weighted by Crippen LogP contribution is 2.29. The van der Waals surface area contributed by atoms with E-state index in [1.54, 1.807) is 14.2 Å². The summed E-state index contributed by atoms with van der Waals surface area (Å²) in [5.41, 5.74) is 2.66. The van der Waals surface area contributed by atoms with Gasteiger partial charge < -0.3 is 19.5 Å². The standard InChI is InChI=1S/C22H26BrNO4/c1-26-21-8-4-15(13-22(21)27-2)3-7-20(25)18-14-16(23)5-6-19(18)24-17-9-11-28-12-10-17/h4-6,8,13-14,17,24H,3,7,9-12H2,1-2H3. The third kappa shape index (κ3) is 5.26. The fourth-order valence-corrected chi connectivity index (χ4v) is 3.72. The molecule has 28 heavy (non-hydrogen) atoms. The van der Waals surface area contributed by atoms with Gasteiger partial charge in [0.25, 0.3) is 0 Å². The first-order chi connectivity index (χ1) is 13.6. The quantitative estimate of drug-likeness (QED) is 0.584. The molecule has 0 aromatic heterocycles. The molecule has 0 atom stereocenters. The summed E-state index contributed by atoms with van der Waals surface area (Å²) in [5, 5.41) is 3.53. The fourth-order valence-electron chi connectivity index (χ4n) is 3.36. The van der Waals surface area contributed by atoms with Crippen LogP contribution in [0.15, 0.2) is 40.9 Å². The van der Waals surface area contributed by atoms with Crippen LogP contribution < -0.4 is 14.8 Å². The molecule has 0 bridgehead atoms. The van der Waals surface area contributed by atoms with E-state index >= 15 is 0 Å². The Morgan fingerprint density at radius 2 is 1.86 bits per heavy atom. The molecule has 2 aromatic carbocycles. The Morgan fingerprint density at radius 1 is 1.11 bits per heavy atom. The summed E-state index contributed by atoms with van der Waals surface area (Å²) in [6, 6.07) is 11.9. The number of nitrogens with one attached hydrogen (secondary N) is 1. The molecule has 1 heterocycles. The lowest BCUT2D eigenvalue weighted by molar-refractivity contribution is 0.0904. The average molecular weight is 448 g/mol. The highest BCUT2D eigenvalue weighted by Gasteiger charge is 2.18. The van der Waals surface area contributed by atoms with Crippen molar-refractivity contribution >= 4 is 27.4 Å². The number of hydrogen-bond donors (Lipinski definition) is 1. The van der Waals surface area contributed by atoms with Gasteiger partial charge in [-0.15, -0.1) is 0 Å². The second-order valence-electron chi connectivity index (χ2n) is 6.83. The van der Waals surface area contributed by atoms with Gasteiger partial charge in [0.2, 0.25) is 0 Å². The smallest absolute Gasteiger partial charge is 0.165 e. The minimum Gasteiger partial charge on any atom is -0.493 e. The van der Waals surface area contributed by atoms with Gasteiger partial charge in [-0.25, -0.2) is 0 Å². The molecule has 1 aliphatic heterocycles. The minimum atomic E-state index is 0.116. The monoisotopic (exact) mass is 447 g/mol. The van der Waals surface area contributed by atoms with Crippen molar-refractivity contribution in [2.45, 2.75) is 31.7 Å². The third-order valence-corrected chi connectivity index (χ3v) is 5.44. The second kappa shape index (κ2) is 9.94. The molecule has 150 valence electrons. The Hall–Kier alpha value is -2.05. The van der Waals surface area contributed by atoms with E-state index in [2.05, 4.69) is 21.2 Å². The largest absolute Gasteiger partial charge is 0.493 e. The summed E-state index contributed by atoms with van der Waals surface area (Å²) in [6.07, 6.45) is 2.97. The van der Waals surface area contributed by atoms with Crippen LogP contribution in [0, 0.1) is 0 Å². The SMILES string of the molecule is COc1ccc(CCC(=O)c2cc(Br)ccc2NC2CCOCC2)cc1OC. The Kier molecular flexibility index (Phi) is 7.34. The first-order valence-electron chi connectivity index (χ1n) is 9.48. The molecule has 0 amide bonds. The molecule has 0 unspecified atom stereocenters. The Balaban J connectivity index is 1.70. The Bertz CT molecular complexity index is 818. The van der Waals surface area contributed by atoms with E-state index in [9.17, 15) is 4.79 Å². The van der Waals surface area contributed by atoms with E-state index in [0.29, 0.717) is 30.4 Å². The summed E-state index contributed by atoms with van der Waals surface area (Å²) in [7, 11) is 3.23. The lowest BCUT2D eigenvalue weighted by atomic mass is 10.00. The van der Waals surface area contributed by atoms with Gasteiger partial charge in [0.05, 0.1) is 14.2 Å². The Morgan fingerprint density at radius 3 is 2.57 bits per heavy atom. The van der Waals surface area contributed by atoms with E-state index in [1.165, 1.54) is 0 Å². The van der Waals surface area contributed by atoms with Crippen molar-refractivity contribution in [3.05, 3.63) is 52.0 Å². The van der Waals surface area contributed by atoms with Crippen LogP contribution in [-0.4, -0.2) is 39.3 Å². The summed E-state index contributed by atoms with van der Waals surface area (Å²) in [6.45, 7) is 1.52. The van der Waals surface area contributed by atoms with Gasteiger partial charge in [0.1, 0.15) is 0 Å². The van der Waals surface area contributed by atoms with Crippen molar-refractivity contribution in [3.8, 4) is 11.5 Å². The van der Waals surface area contributed by atoms with Crippen molar-refractivity contribution in [3.63, 3.8) is 0 Å². The molecule has 1 aliphatic rings. The van der Waals surface area contributed by atoms with Gasteiger partial charge in [0, 0.05) is 41.4 Å². The molecule has 5 nitrogen and oxygen atoms in total. The predicted molar refractivity (Wildman–Crippen MR) is 114 cm³/mol. The number of rotatable bonds is 8. The van der Waals surface area contributed by atoms with Crippen LogP contribution >= 0.6 is 15.9 Å². The zero-order valence-electron chi connectivity index (χ0n) is 16.3. The van der Waals surface area contributed by atoms with Crippen LogP contribution in [0.3, 0.4) is 0 Å². The number of Topliss-reactive ketones (excluding diaryl/α,β-unsaturated/α-hetero) is 1. The van der Waals surface area contributed by atoms with Crippen LogP contribution in [0.4, 0.5) is 5.69 Å². The normalized spacial score (nSPS) is 14.5. The lowest BCUT2D eigenvalue weighted by Crippen LogP contribution is -2.28. The molecule has 0 aliphatic carbocycles. The summed E-state index contributed by atoms with van der Waals surface area (Å²) in [4.78, 5) is 13.0. The zero-order valence-corrected chi connectivity index (χ0v) is 17.9. The molecule has 0 saturated carbocycles. The molecule has 0 radical (unpaired) electrons. The minimum absolute atomic E-state index is 0.116. The molecule has 3 rings (SSSR count). The maximum atomic E-state index is 13.0. The molecule has 6 heteroatoms. The van der Waals surface area contributed by atoms with Crippen molar-refractivity contribution in [2.24, 2.45) is 0 Å². The van der Waals surface area contributed by atoms with Crippen LogP contribution in [0.5, 0.6) is 11.5 Å². The van der Waals surface area contributed by atoms with Crippen molar-refractivity contribution in [1.82, 2.24) is 0 Å². The van der Waals surface area contributed by atoms with Crippen LogP contribution in [0.2, 0.25) is 0 Å². The number of halogens is 1. The van der Waals surface area contributed by atoms with Gasteiger partial charge in [-0.05, 0) is 55.2 Å². The van der Waals surface area contributed by atoms with E-state index in [1.807, 2.05) is 36.4 Å². The maximum absolute atomic E-state index is 13.0. The number of carbonyl (C=O) groups excluding carboxylic acids is 1. The highest BCUT2D eigenvalue weighted by molar-refractivity contribution is 9.10. The molecule has 1 fully saturated rings. The highest BCUT2D eigenvalue weighted by atomic mass is 79.9. The molecule has 1 N–H and O–H groups in total. The average Bonchev–Trinajstić information content (AvgIpc) is 2.73. The van der Waals surface area contributed by atoms with E-state index in [4.69, 9.17) is 14.2 Å². The van der Waals surface area contributed by atoms with Gasteiger partial charge in [-0.2, -0.15) is 0 Å². The number of methoxy groups -OCH3 is 2. The van der Waals surface area contributed by atoms with E-state index in [0.717, 1.165) is 47.3 Å². The number of carbonyl (C=O) groups is 1. The summed E-state index contributed by atoms with van der Waals surface area (Å²) in [5.74, 6) is 1.48. The van der Waals surface area contributed by atoms with Crippen LogP contribution in [0.1, 0.15) is 35.2 Å². The lowest BCUT2D eigenvalue weighted by Gasteiger charge is -2.25. The third-order valence-electron chi connectivity index (χ3n) is 4.95. The summed E-state index contributed by atoms with van der Waals surface area (Å²) >= 11 is 3.49. The second-order valence-corrected chi connectivity index (χ2v) is 7.75. The first-order valence-corrected chi connectivity index (χ1v) is 10.3. The maximum Gasteiger partial charge on any atom is 0.165 e. The summed E-state index contributed by atoms with van der Waals surface area (Å²) < 4.78 is 17.0. The van der Waals surface area contributed by atoms with Gasteiger partial charge in [-0.1, -0.05) is 22.0 Å². The van der Waals surface area contributed by atoms with Gasteiger partial charge >= 0.3 is 0 Å². The number of ether oxygens (including phenoxy) is 3. The molecule has 2 aromatic rings. The van der Waals surface area contributed by atoms with Crippen LogP contribution in [-0.2, 0) is 11.2 Å². The number of ketones is 1. The van der Waals surface area contributed by atoms with E-state index < -0.39 is 0 Å². The van der Waals surface area contributed by atoms with Crippen molar-refractivity contribution in [2.75, 3.05) is 32.8 Å². The number of anilines is 1. The molecule has 1 saturated heterocycles. The number of hydrogen-bond acceptors (Lipinski definition) is 5. The van der Waals surface area contributed by atoms with Crippen molar-refractivity contribution < 1.29 is 19.0 Å². The molecular weight excluding hydrogens is 422 g/mol. The number of aryl methyl sites for hydroxylation is 1. The molecular formula is C22H26BrNO4. The Labute approximate surface area is 174 Å². The first kappa shape index (κ1) is 20.7. The van der Waals surface area contributed by atoms with Crippen LogP contribution in [0.25, 0.3) is 0 Å².